The van der Waals surface area contributed by atoms with Crippen molar-refractivity contribution < 1.29 is 0 Å². The van der Waals surface area contributed by atoms with Crippen molar-refractivity contribution in [1.82, 2.24) is 9.38 Å². The van der Waals surface area contributed by atoms with Crippen molar-refractivity contribution in [1.29, 1.82) is 0 Å². The van der Waals surface area contributed by atoms with Gasteiger partial charge < -0.3 is 4.40 Å². The molecular weight excluding hydrogens is 228 g/mol. The fraction of sp³-hybridized carbons (Fsp3) is 0.300. The normalized spacial score (nSPS) is 11.0. The van der Waals surface area contributed by atoms with E-state index < -0.39 is 0 Å². The summed E-state index contributed by atoms with van der Waals surface area (Å²) < 4.78 is 2.11. The third-order valence-electron chi connectivity index (χ3n) is 2.09. The minimum atomic E-state index is 0.813. The van der Waals surface area contributed by atoms with Gasteiger partial charge in [0.25, 0.3) is 0 Å². The van der Waals surface area contributed by atoms with Crippen molar-refractivity contribution >= 4 is 21.6 Å². The Bertz CT molecular complexity index is 445. The SMILES string of the molecule is Cc1cc(C)n2cc(CBr)nc2c1. The van der Waals surface area contributed by atoms with Crippen molar-refractivity contribution in [2.75, 3.05) is 0 Å². The van der Waals surface area contributed by atoms with E-state index in [1.165, 1.54) is 11.3 Å². The molecule has 2 aromatic rings. The molecule has 0 atom stereocenters. The second kappa shape index (κ2) is 3.14. The fourth-order valence-corrected chi connectivity index (χ4v) is 1.81. The second-order valence-electron chi connectivity index (χ2n) is 3.27. The van der Waals surface area contributed by atoms with Crippen LogP contribution in [0.2, 0.25) is 0 Å². The van der Waals surface area contributed by atoms with Gasteiger partial charge in [0, 0.05) is 17.2 Å². The zero-order valence-electron chi connectivity index (χ0n) is 7.71. The fourth-order valence-electron chi connectivity index (χ4n) is 1.54. The smallest absolute Gasteiger partial charge is 0.137 e. The van der Waals surface area contributed by atoms with E-state index in [4.69, 9.17) is 0 Å². The third-order valence-corrected chi connectivity index (χ3v) is 2.67. The van der Waals surface area contributed by atoms with Gasteiger partial charge in [0.2, 0.25) is 0 Å². The van der Waals surface area contributed by atoms with Gasteiger partial charge in [0.1, 0.15) is 5.65 Å². The van der Waals surface area contributed by atoms with E-state index in [0.717, 1.165) is 16.7 Å². The van der Waals surface area contributed by atoms with E-state index in [9.17, 15) is 0 Å². The maximum absolute atomic E-state index is 4.47. The Morgan fingerprint density at radius 3 is 2.85 bits per heavy atom. The number of imidazole rings is 1. The van der Waals surface area contributed by atoms with Crippen LogP contribution in [0, 0.1) is 13.8 Å². The highest BCUT2D eigenvalue weighted by atomic mass is 79.9. The van der Waals surface area contributed by atoms with Crippen molar-refractivity contribution in [3.05, 3.63) is 35.3 Å². The summed E-state index contributed by atoms with van der Waals surface area (Å²) in [4.78, 5) is 4.47. The maximum atomic E-state index is 4.47. The van der Waals surface area contributed by atoms with Gasteiger partial charge in [0.05, 0.1) is 5.69 Å². The number of rotatable bonds is 1. The number of hydrogen-bond donors (Lipinski definition) is 0. The summed E-state index contributed by atoms with van der Waals surface area (Å²) in [6.45, 7) is 4.19. The first-order valence-electron chi connectivity index (χ1n) is 4.22. The predicted molar refractivity (Wildman–Crippen MR) is 57.3 cm³/mol. The van der Waals surface area contributed by atoms with Crippen molar-refractivity contribution in [3.8, 4) is 0 Å². The molecule has 0 radical (unpaired) electrons. The number of halogens is 1. The summed E-state index contributed by atoms with van der Waals surface area (Å²) in [5, 5.41) is 0.813. The van der Waals surface area contributed by atoms with Gasteiger partial charge in [-0.1, -0.05) is 15.9 Å². The first kappa shape index (κ1) is 8.75. The number of hydrogen-bond acceptors (Lipinski definition) is 1. The topological polar surface area (TPSA) is 17.3 Å². The van der Waals surface area contributed by atoms with Crippen molar-refractivity contribution in [3.63, 3.8) is 0 Å². The highest BCUT2D eigenvalue weighted by molar-refractivity contribution is 9.08. The molecule has 2 aromatic heterocycles. The number of pyridine rings is 1. The molecule has 13 heavy (non-hydrogen) atoms. The van der Waals surface area contributed by atoms with Crippen LogP contribution in [0.3, 0.4) is 0 Å². The molecule has 0 aliphatic carbocycles. The first-order valence-corrected chi connectivity index (χ1v) is 5.34. The van der Waals surface area contributed by atoms with Crippen LogP contribution in [0.25, 0.3) is 5.65 Å². The molecule has 0 bridgehead atoms. The quantitative estimate of drug-likeness (QED) is 0.699. The highest BCUT2D eigenvalue weighted by Crippen LogP contribution is 2.12. The van der Waals surface area contributed by atoms with E-state index in [1.807, 2.05) is 0 Å². The van der Waals surface area contributed by atoms with E-state index in [2.05, 4.69) is 57.5 Å². The molecule has 0 amide bonds. The average molecular weight is 239 g/mol. The molecule has 0 aliphatic rings. The van der Waals surface area contributed by atoms with Gasteiger partial charge in [-0.05, 0) is 31.5 Å². The molecule has 0 fully saturated rings. The van der Waals surface area contributed by atoms with Crippen LogP contribution in [-0.2, 0) is 5.33 Å². The molecule has 0 unspecified atom stereocenters. The van der Waals surface area contributed by atoms with E-state index in [1.54, 1.807) is 0 Å². The molecule has 2 nitrogen and oxygen atoms in total. The number of nitrogens with zero attached hydrogens (tertiary/aromatic N) is 2. The standard InChI is InChI=1S/C10H11BrN2/c1-7-3-8(2)13-6-9(5-11)12-10(13)4-7/h3-4,6H,5H2,1-2H3. The van der Waals surface area contributed by atoms with Crippen LogP contribution in [0.1, 0.15) is 17.0 Å². The molecule has 68 valence electrons. The van der Waals surface area contributed by atoms with Gasteiger partial charge in [-0.15, -0.1) is 0 Å². The lowest BCUT2D eigenvalue weighted by Gasteiger charge is -1.99. The van der Waals surface area contributed by atoms with Crippen LogP contribution in [0.15, 0.2) is 18.3 Å². The molecule has 0 saturated carbocycles. The summed E-state index contributed by atoms with van der Waals surface area (Å²) in [5.74, 6) is 0. The van der Waals surface area contributed by atoms with Crippen molar-refractivity contribution in [2.45, 2.75) is 19.2 Å². The minimum Gasteiger partial charge on any atom is -0.304 e. The Kier molecular flexibility index (Phi) is 2.12. The van der Waals surface area contributed by atoms with Crippen LogP contribution >= 0.6 is 15.9 Å². The summed E-state index contributed by atoms with van der Waals surface area (Å²) in [5.41, 5.74) is 4.60. The summed E-state index contributed by atoms with van der Waals surface area (Å²) in [7, 11) is 0. The molecule has 0 aliphatic heterocycles. The van der Waals surface area contributed by atoms with Crippen LogP contribution < -0.4 is 0 Å². The zero-order valence-corrected chi connectivity index (χ0v) is 9.30. The maximum Gasteiger partial charge on any atom is 0.137 e. The summed E-state index contributed by atoms with van der Waals surface area (Å²) in [6.07, 6.45) is 2.07. The highest BCUT2D eigenvalue weighted by Gasteiger charge is 2.02. The molecular formula is C10H11BrN2. The molecule has 0 saturated heterocycles. The zero-order chi connectivity index (χ0) is 9.42. The van der Waals surface area contributed by atoms with Gasteiger partial charge in [-0.2, -0.15) is 0 Å². The second-order valence-corrected chi connectivity index (χ2v) is 3.83. The molecule has 2 rings (SSSR count). The van der Waals surface area contributed by atoms with E-state index in [-0.39, 0.29) is 0 Å². The molecule has 0 N–H and O–H groups in total. The van der Waals surface area contributed by atoms with Gasteiger partial charge >= 0.3 is 0 Å². The van der Waals surface area contributed by atoms with E-state index >= 15 is 0 Å². The predicted octanol–water partition coefficient (Wildman–Crippen LogP) is 2.85. The van der Waals surface area contributed by atoms with Gasteiger partial charge in [0.15, 0.2) is 0 Å². The minimum absolute atomic E-state index is 0.813. The largest absolute Gasteiger partial charge is 0.304 e. The summed E-state index contributed by atoms with van der Waals surface area (Å²) >= 11 is 3.40. The Labute approximate surface area is 85.7 Å². The Morgan fingerprint density at radius 2 is 2.15 bits per heavy atom. The molecule has 3 heteroatoms. The number of alkyl halides is 1. The average Bonchev–Trinajstić information content (AvgIpc) is 2.47. The van der Waals surface area contributed by atoms with E-state index in [0.29, 0.717) is 0 Å². The lowest BCUT2D eigenvalue weighted by molar-refractivity contribution is 1.08. The third kappa shape index (κ3) is 1.48. The number of aromatic nitrogens is 2. The van der Waals surface area contributed by atoms with Crippen LogP contribution in [0.4, 0.5) is 0 Å². The number of fused-ring (bicyclic) bond motifs is 1. The van der Waals surface area contributed by atoms with Gasteiger partial charge in [-0.3, -0.25) is 0 Å². The van der Waals surface area contributed by atoms with Gasteiger partial charge in [-0.25, -0.2) is 4.98 Å². The Balaban J connectivity index is 2.75. The van der Waals surface area contributed by atoms with Crippen LogP contribution in [-0.4, -0.2) is 9.38 Å². The molecule has 2 heterocycles. The Morgan fingerprint density at radius 1 is 1.38 bits per heavy atom. The molecule has 0 aromatic carbocycles. The first-order chi connectivity index (χ1) is 6.20. The lowest BCUT2D eigenvalue weighted by atomic mass is 10.2. The summed E-state index contributed by atoms with van der Waals surface area (Å²) in [6, 6.07) is 4.26. The monoisotopic (exact) mass is 238 g/mol. The molecule has 0 spiro atoms. The Hall–Kier alpha value is -0.830. The number of aryl methyl sites for hydroxylation is 2. The lowest BCUT2D eigenvalue weighted by Crippen LogP contribution is -1.89. The van der Waals surface area contributed by atoms with Crippen LogP contribution in [0.5, 0.6) is 0 Å². The van der Waals surface area contributed by atoms with Crippen molar-refractivity contribution in [2.24, 2.45) is 0 Å².